The standard InChI is InChI=1S/C15H23NO3S/c1-17-12-8-14(19-3)13(18-2)7-11(12)9-16-10-15(20-4)5-6-15/h7-8,16H,5-6,9-10H2,1-4H3. The van der Waals surface area contributed by atoms with E-state index in [0.717, 1.165) is 30.2 Å². The lowest BCUT2D eigenvalue weighted by atomic mass is 10.1. The van der Waals surface area contributed by atoms with Crippen LogP contribution in [0.1, 0.15) is 18.4 Å². The Bertz CT molecular complexity index is 461. The molecule has 1 aliphatic rings. The van der Waals surface area contributed by atoms with Gasteiger partial charge in [-0.1, -0.05) is 0 Å². The third kappa shape index (κ3) is 3.33. The van der Waals surface area contributed by atoms with E-state index in [1.165, 1.54) is 12.8 Å². The minimum absolute atomic E-state index is 0.462. The number of ether oxygens (including phenoxy) is 3. The molecule has 4 nitrogen and oxygen atoms in total. The Morgan fingerprint density at radius 1 is 1.05 bits per heavy atom. The predicted octanol–water partition coefficient (Wildman–Crippen LogP) is 2.70. The van der Waals surface area contributed by atoms with Crippen molar-refractivity contribution >= 4 is 11.8 Å². The maximum Gasteiger partial charge on any atom is 0.164 e. The van der Waals surface area contributed by atoms with Gasteiger partial charge in [0.25, 0.3) is 0 Å². The molecule has 0 aromatic heterocycles. The van der Waals surface area contributed by atoms with E-state index in [1.807, 2.05) is 23.9 Å². The fourth-order valence-electron chi connectivity index (χ4n) is 2.25. The van der Waals surface area contributed by atoms with E-state index >= 15 is 0 Å². The maximum absolute atomic E-state index is 5.43. The van der Waals surface area contributed by atoms with Crippen molar-refractivity contribution in [1.29, 1.82) is 0 Å². The van der Waals surface area contributed by atoms with Crippen molar-refractivity contribution in [2.75, 3.05) is 34.1 Å². The summed E-state index contributed by atoms with van der Waals surface area (Å²) in [7, 11) is 4.95. The molecule has 5 heteroatoms. The number of hydrogen-bond acceptors (Lipinski definition) is 5. The minimum atomic E-state index is 0.462. The maximum atomic E-state index is 5.43. The molecule has 0 saturated heterocycles. The number of hydrogen-bond donors (Lipinski definition) is 1. The first-order chi connectivity index (χ1) is 9.68. The summed E-state index contributed by atoms with van der Waals surface area (Å²) in [5.74, 6) is 2.25. The zero-order valence-electron chi connectivity index (χ0n) is 12.6. The molecule has 0 heterocycles. The van der Waals surface area contributed by atoms with Gasteiger partial charge in [-0.3, -0.25) is 0 Å². The quantitative estimate of drug-likeness (QED) is 0.799. The van der Waals surface area contributed by atoms with Crippen LogP contribution >= 0.6 is 11.8 Å². The molecule has 0 aliphatic heterocycles. The molecule has 112 valence electrons. The highest BCUT2D eigenvalue weighted by Crippen LogP contribution is 2.46. The second kappa shape index (κ2) is 6.59. The Labute approximate surface area is 125 Å². The molecule has 1 saturated carbocycles. The largest absolute Gasteiger partial charge is 0.496 e. The summed E-state index contributed by atoms with van der Waals surface area (Å²) in [5, 5.41) is 3.52. The fourth-order valence-corrected chi connectivity index (χ4v) is 3.00. The van der Waals surface area contributed by atoms with Crippen LogP contribution in [0.25, 0.3) is 0 Å². The molecule has 0 spiro atoms. The summed E-state index contributed by atoms with van der Waals surface area (Å²) in [6.07, 6.45) is 4.81. The monoisotopic (exact) mass is 297 g/mol. The van der Waals surface area contributed by atoms with Gasteiger partial charge in [-0.15, -0.1) is 0 Å². The van der Waals surface area contributed by atoms with Gasteiger partial charge in [0.15, 0.2) is 11.5 Å². The van der Waals surface area contributed by atoms with Crippen LogP contribution in [-0.4, -0.2) is 38.9 Å². The van der Waals surface area contributed by atoms with Crippen molar-refractivity contribution in [1.82, 2.24) is 5.32 Å². The highest BCUT2D eigenvalue weighted by molar-refractivity contribution is 8.00. The van der Waals surface area contributed by atoms with Crippen LogP contribution in [0, 0.1) is 0 Å². The number of nitrogens with one attached hydrogen (secondary N) is 1. The first-order valence-electron chi connectivity index (χ1n) is 6.73. The van der Waals surface area contributed by atoms with Gasteiger partial charge in [-0.2, -0.15) is 11.8 Å². The van der Waals surface area contributed by atoms with Crippen molar-refractivity contribution in [3.05, 3.63) is 17.7 Å². The van der Waals surface area contributed by atoms with Crippen molar-refractivity contribution in [3.63, 3.8) is 0 Å². The van der Waals surface area contributed by atoms with Crippen LogP contribution in [0.5, 0.6) is 17.2 Å². The lowest BCUT2D eigenvalue weighted by molar-refractivity contribution is 0.347. The third-order valence-electron chi connectivity index (χ3n) is 3.79. The predicted molar refractivity (Wildman–Crippen MR) is 83.3 cm³/mol. The Balaban J connectivity index is 2.05. The molecule has 0 radical (unpaired) electrons. The highest BCUT2D eigenvalue weighted by Gasteiger charge is 2.41. The summed E-state index contributed by atoms with van der Waals surface area (Å²) in [5.41, 5.74) is 1.09. The van der Waals surface area contributed by atoms with Crippen molar-refractivity contribution < 1.29 is 14.2 Å². The van der Waals surface area contributed by atoms with E-state index < -0.39 is 0 Å². The smallest absolute Gasteiger partial charge is 0.164 e. The zero-order chi connectivity index (χ0) is 14.6. The lowest BCUT2D eigenvalue weighted by Crippen LogP contribution is -2.25. The first kappa shape index (κ1) is 15.3. The minimum Gasteiger partial charge on any atom is -0.496 e. The number of rotatable bonds is 8. The van der Waals surface area contributed by atoms with Gasteiger partial charge in [0.2, 0.25) is 0 Å². The van der Waals surface area contributed by atoms with Gasteiger partial charge in [0.1, 0.15) is 5.75 Å². The Morgan fingerprint density at radius 3 is 2.15 bits per heavy atom. The molecular formula is C15H23NO3S. The van der Waals surface area contributed by atoms with Crippen LogP contribution in [0.15, 0.2) is 12.1 Å². The van der Waals surface area contributed by atoms with E-state index in [-0.39, 0.29) is 0 Å². The molecule has 0 amide bonds. The van der Waals surface area contributed by atoms with Gasteiger partial charge in [0.05, 0.1) is 21.3 Å². The zero-order valence-corrected chi connectivity index (χ0v) is 13.4. The van der Waals surface area contributed by atoms with Crippen LogP contribution in [0.2, 0.25) is 0 Å². The van der Waals surface area contributed by atoms with Crippen molar-refractivity contribution in [3.8, 4) is 17.2 Å². The molecular weight excluding hydrogens is 274 g/mol. The molecule has 1 N–H and O–H groups in total. The Hall–Kier alpha value is -1.07. The molecule has 1 aliphatic carbocycles. The molecule has 0 atom stereocenters. The van der Waals surface area contributed by atoms with Crippen LogP contribution in [-0.2, 0) is 6.54 Å². The molecule has 20 heavy (non-hydrogen) atoms. The van der Waals surface area contributed by atoms with Crippen molar-refractivity contribution in [2.45, 2.75) is 24.1 Å². The van der Waals surface area contributed by atoms with Gasteiger partial charge < -0.3 is 19.5 Å². The van der Waals surface area contributed by atoms with E-state index in [4.69, 9.17) is 14.2 Å². The summed E-state index contributed by atoms with van der Waals surface area (Å²) in [6, 6.07) is 3.85. The normalized spacial score (nSPS) is 15.8. The van der Waals surface area contributed by atoms with Gasteiger partial charge in [-0.25, -0.2) is 0 Å². The molecule has 1 aromatic rings. The average Bonchev–Trinajstić information content (AvgIpc) is 3.27. The molecule has 2 rings (SSSR count). The van der Waals surface area contributed by atoms with Gasteiger partial charge in [-0.05, 0) is 25.2 Å². The second-order valence-electron chi connectivity index (χ2n) is 5.01. The van der Waals surface area contributed by atoms with Gasteiger partial charge >= 0.3 is 0 Å². The first-order valence-corrected chi connectivity index (χ1v) is 7.95. The summed E-state index contributed by atoms with van der Waals surface area (Å²) < 4.78 is 16.5. The summed E-state index contributed by atoms with van der Waals surface area (Å²) >= 11 is 1.96. The van der Waals surface area contributed by atoms with Crippen LogP contribution < -0.4 is 19.5 Å². The summed E-state index contributed by atoms with van der Waals surface area (Å²) in [4.78, 5) is 0. The average molecular weight is 297 g/mol. The lowest BCUT2D eigenvalue weighted by Gasteiger charge is -2.16. The Kier molecular flexibility index (Phi) is 5.05. The fraction of sp³-hybridized carbons (Fsp3) is 0.600. The van der Waals surface area contributed by atoms with Crippen LogP contribution in [0.3, 0.4) is 0 Å². The third-order valence-corrected chi connectivity index (χ3v) is 5.21. The molecule has 0 bridgehead atoms. The summed E-state index contributed by atoms with van der Waals surface area (Å²) in [6.45, 7) is 1.80. The molecule has 1 aromatic carbocycles. The topological polar surface area (TPSA) is 39.7 Å². The Morgan fingerprint density at radius 2 is 1.65 bits per heavy atom. The highest BCUT2D eigenvalue weighted by atomic mass is 32.2. The number of thioether (sulfide) groups is 1. The molecule has 0 unspecified atom stereocenters. The van der Waals surface area contributed by atoms with Crippen molar-refractivity contribution in [2.24, 2.45) is 0 Å². The van der Waals surface area contributed by atoms with E-state index in [0.29, 0.717) is 10.5 Å². The SMILES string of the molecule is COc1cc(OC)c(OC)cc1CNCC1(SC)CC1. The second-order valence-corrected chi connectivity index (χ2v) is 6.28. The van der Waals surface area contributed by atoms with E-state index in [9.17, 15) is 0 Å². The number of benzene rings is 1. The van der Waals surface area contributed by atoms with E-state index in [1.54, 1.807) is 21.3 Å². The number of methoxy groups -OCH3 is 3. The van der Waals surface area contributed by atoms with Gasteiger partial charge in [0, 0.05) is 29.5 Å². The van der Waals surface area contributed by atoms with E-state index in [2.05, 4.69) is 11.6 Å². The van der Waals surface area contributed by atoms with Crippen LogP contribution in [0.4, 0.5) is 0 Å². The molecule has 1 fully saturated rings.